The van der Waals surface area contributed by atoms with Crippen molar-refractivity contribution in [1.29, 1.82) is 0 Å². The first-order valence-corrected chi connectivity index (χ1v) is 6.03. The summed E-state index contributed by atoms with van der Waals surface area (Å²) in [7, 11) is 0. The lowest BCUT2D eigenvalue weighted by Crippen LogP contribution is -2.33. The van der Waals surface area contributed by atoms with Gasteiger partial charge in [0.15, 0.2) is 0 Å². The Bertz CT molecular complexity index is 413. The summed E-state index contributed by atoms with van der Waals surface area (Å²) in [5, 5.41) is 0. The molecule has 1 amide bonds. The standard InChI is InChI=1S/C11H16ClN3O2/c1-11(2,3)17-10(16)15-5-7-8(6-15)14-9(4-12)13-7/h4-6H2,1-3H3,(H,13,14). The van der Waals surface area contributed by atoms with E-state index in [0.717, 1.165) is 17.2 Å². The second-order valence-electron chi connectivity index (χ2n) is 5.08. The normalized spacial score (nSPS) is 14.9. The molecule has 0 aromatic carbocycles. The zero-order valence-electron chi connectivity index (χ0n) is 10.2. The van der Waals surface area contributed by atoms with Crippen LogP contribution in [-0.4, -0.2) is 26.6 Å². The minimum Gasteiger partial charge on any atom is -0.444 e. The number of hydrogen-bond donors (Lipinski definition) is 1. The predicted octanol–water partition coefficient (Wildman–Crippen LogP) is 2.40. The van der Waals surface area contributed by atoms with Crippen molar-refractivity contribution in [3.05, 3.63) is 17.2 Å². The van der Waals surface area contributed by atoms with E-state index in [0.29, 0.717) is 19.0 Å². The van der Waals surface area contributed by atoms with Gasteiger partial charge < -0.3 is 9.72 Å². The van der Waals surface area contributed by atoms with Crippen LogP contribution in [0.2, 0.25) is 0 Å². The number of aromatic nitrogens is 2. The number of ether oxygens (including phenoxy) is 1. The lowest BCUT2D eigenvalue weighted by atomic mass is 10.2. The molecule has 0 unspecified atom stereocenters. The Kier molecular flexibility index (Phi) is 3.03. The van der Waals surface area contributed by atoms with Gasteiger partial charge >= 0.3 is 6.09 Å². The summed E-state index contributed by atoms with van der Waals surface area (Å²) in [6.07, 6.45) is -0.309. The number of alkyl halides is 1. The van der Waals surface area contributed by atoms with Gasteiger partial charge in [-0.05, 0) is 20.8 Å². The first kappa shape index (κ1) is 12.2. The Morgan fingerprint density at radius 2 is 2.24 bits per heavy atom. The number of H-pyrrole nitrogens is 1. The third kappa shape index (κ3) is 2.72. The molecule has 2 heterocycles. The molecule has 6 heteroatoms. The topological polar surface area (TPSA) is 58.2 Å². The van der Waals surface area contributed by atoms with Crippen LogP contribution >= 0.6 is 11.6 Å². The number of aromatic amines is 1. The molecule has 0 atom stereocenters. The molecule has 0 fully saturated rings. The lowest BCUT2D eigenvalue weighted by Gasteiger charge is -2.24. The fraction of sp³-hybridized carbons (Fsp3) is 0.636. The van der Waals surface area contributed by atoms with Crippen LogP contribution in [0.15, 0.2) is 0 Å². The van der Waals surface area contributed by atoms with Crippen LogP contribution in [0.25, 0.3) is 0 Å². The van der Waals surface area contributed by atoms with Gasteiger partial charge in [0.25, 0.3) is 0 Å². The second-order valence-corrected chi connectivity index (χ2v) is 5.35. The summed E-state index contributed by atoms with van der Waals surface area (Å²) in [4.78, 5) is 20.8. The number of nitrogens with zero attached hydrogens (tertiary/aromatic N) is 2. The Morgan fingerprint density at radius 1 is 1.53 bits per heavy atom. The van der Waals surface area contributed by atoms with Crippen molar-refractivity contribution < 1.29 is 9.53 Å². The highest BCUT2D eigenvalue weighted by atomic mass is 35.5. The van der Waals surface area contributed by atoms with Crippen molar-refractivity contribution in [3.8, 4) is 0 Å². The maximum absolute atomic E-state index is 11.8. The van der Waals surface area contributed by atoms with Gasteiger partial charge in [-0.1, -0.05) is 0 Å². The number of halogens is 1. The number of fused-ring (bicyclic) bond motifs is 1. The molecule has 1 N–H and O–H groups in total. The van der Waals surface area contributed by atoms with E-state index < -0.39 is 5.60 Å². The Balaban J connectivity index is 2.00. The number of nitrogens with one attached hydrogen (secondary N) is 1. The molecule has 17 heavy (non-hydrogen) atoms. The molecule has 0 saturated carbocycles. The monoisotopic (exact) mass is 257 g/mol. The zero-order valence-corrected chi connectivity index (χ0v) is 11.0. The Morgan fingerprint density at radius 3 is 2.76 bits per heavy atom. The minimum atomic E-state index is -0.470. The first-order chi connectivity index (χ1) is 7.89. The molecular weight excluding hydrogens is 242 g/mol. The van der Waals surface area contributed by atoms with Crippen molar-refractivity contribution in [2.45, 2.75) is 45.3 Å². The molecule has 2 rings (SSSR count). The van der Waals surface area contributed by atoms with Gasteiger partial charge in [0.05, 0.1) is 30.4 Å². The maximum atomic E-state index is 11.8. The molecule has 0 aliphatic carbocycles. The number of rotatable bonds is 1. The molecule has 5 nitrogen and oxygen atoms in total. The van der Waals surface area contributed by atoms with Crippen LogP contribution in [0.5, 0.6) is 0 Å². The molecule has 0 saturated heterocycles. The zero-order chi connectivity index (χ0) is 12.6. The molecule has 1 aliphatic heterocycles. The van der Waals surface area contributed by atoms with E-state index >= 15 is 0 Å². The average Bonchev–Trinajstić information content (AvgIpc) is 2.70. The third-order valence-electron chi connectivity index (χ3n) is 2.38. The van der Waals surface area contributed by atoms with E-state index in [1.807, 2.05) is 20.8 Å². The summed E-state index contributed by atoms with van der Waals surface area (Å²) in [6.45, 7) is 6.55. The van der Waals surface area contributed by atoms with Crippen molar-refractivity contribution in [2.24, 2.45) is 0 Å². The van der Waals surface area contributed by atoms with E-state index in [9.17, 15) is 4.79 Å². The van der Waals surface area contributed by atoms with Gasteiger partial charge in [0.1, 0.15) is 11.4 Å². The first-order valence-electron chi connectivity index (χ1n) is 5.49. The van der Waals surface area contributed by atoms with Crippen LogP contribution in [-0.2, 0) is 23.7 Å². The smallest absolute Gasteiger partial charge is 0.410 e. The van der Waals surface area contributed by atoms with Crippen LogP contribution in [0, 0.1) is 0 Å². The summed E-state index contributed by atoms with van der Waals surface area (Å²) in [5.74, 6) is 1.11. The highest BCUT2D eigenvalue weighted by Gasteiger charge is 2.29. The van der Waals surface area contributed by atoms with E-state index in [2.05, 4.69) is 9.97 Å². The van der Waals surface area contributed by atoms with Gasteiger partial charge in [-0.2, -0.15) is 0 Å². The fourth-order valence-corrected chi connectivity index (χ4v) is 1.84. The van der Waals surface area contributed by atoms with E-state index in [1.54, 1.807) is 4.90 Å². The highest BCUT2D eigenvalue weighted by Crippen LogP contribution is 2.23. The number of hydrogen-bond acceptors (Lipinski definition) is 3. The summed E-state index contributed by atoms with van der Waals surface area (Å²) < 4.78 is 5.30. The van der Waals surface area contributed by atoms with Crippen LogP contribution in [0.1, 0.15) is 38.0 Å². The van der Waals surface area contributed by atoms with Crippen molar-refractivity contribution in [2.75, 3.05) is 0 Å². The molecule has 0 spiro atoms. The molecule has 0 bridgehead atoms. The minimum absolute atomic E-state index is 0.309. The second kappa shape index (κ2) is 4.22. The third-order valence-corrected chi connectivity index (χ3v) is 2.63. The molecular formula is C11H16ClN3O2. The molecule has 0 radical (unpaired) electrons. The van der Waals surface area contributed by atoms with Gasteiger partial charge in [-0.3, -0.25) is 4.90 Å². The molecule has 1 aromatic rings. The van der Waals surface area contributed by atoms with Gasteiger partial charge in [-0.15, -0.1) is 11.6 Å². The number of carbonyl (C=O) groups excluding carboxylic acids is 1. The van der Waals surface area contributed by atoms with E-state index in [4.69, 9.17) is 16.3 Å². The summed E-state index contributed by atoms with van der Waals surface area (Å²) in [5.41, 5.74) is 1.36. The number of amides is 1. The van der Waals surface area contributed by atoms with Crippen LogP contribution in [0.3, 0.4) is 0 Å². The summed E-state index contributed by atoms with van der Waals surface area (Å²) in [6, 6.07) is 0. The van der Waals surface area contributed by atoms with Gasteiger partial charge in [0.2, 0.25) is 0 Å². The van der Waals surface area contributed by atoms with Crippen molar-refractivity contribution >= 4 is 17.7 Å². The van der Waals surface area contributed by atoms with Crippen LogP contribution in [0.4, 0.5) is 4.79 Å². The quantitative estimate of drug-likeness (QED) is 0.786. The van der Waals surface area contributed by atoms with E-state index in [-0.39, 0.29) is 6.09 Å². The molecule has 1 aliphatic rings. The highest BCUT2D eigenvalue weighted by molar-refractivity contribution is 6.16. The largest absolute Gasteiger partial charge is 0.444 e. The van der Waals surface area contributed by atoms with Crippen LogP contribution < -0.4 is 0 Å². The fourth-order valence-electron chi connectivity index (χ4n) is 1.71. The van der Waals surface area contributed by atoms with Gasteiger partial charge in [-0.25, -0.2) is 9.78 Å². The summed E-state index contributed by atoms with van der Waals surface area (Å²) >= 11 is 5.68. The van der Waals surface area contributed by atoms with Crippen molar-refractivity contribution in [1.82, 2.24) is 14.9 Å². The Hall–Kier alpha value is -1.23. The Labute approximate surface area is 105 Å². The molecule has 1 aromatic heterocycles. The lowest BCUT2D eigenvalue weighted by molar-refractivity contribution is 0.0238. The molecule has 94 valence electrons. The van der Waals surface area contributed by atoms with E-state index in [1.165, 1.54) is 0 Å². The average molecular weight is 258 g/mol. The maximum Gasteiger partial charge on any atom is 0.410 e. The van der Waals surface area contributed by atoms with Crippen molar-refractivity contribution in [3.63, 3.8) is 0 Å². The van der Waals surface area contributed by atoms with Gasteiger partial charge in [0, 0.05) is 0 Å². The predicted molar refractivity (Wildman–Crippen MR) is 63.6 cm³/mol. The number of carbonyl (C=O) groups is 1. The SMILES string of the molecule is CC(C)(C)OC(=O)N1Cc2nc(CCl)[nH]c2C1. The number of imidazole rings is 1.